The fraction of sp³-hybridized carbons (Fsp3) is 0.435. The molecule has 9 heteroatoms. The molecule has 1 aliphatic rings. The monoisotopic (exact) mass is 454 g/mol. The minimum absolute atomic E-state index is 0.266. The van der Waals surface area contributed by atoms with Gasteiger partial charge in [-0.3, -0.25) is 0 Å². The molecule has 1 aliphatic heterocycles. The minimum Gasteiger partial charge on any atom is -0.301 e. The van der Waals surface area contributed by atoms with E-state index in [1.165, 1.54) is 11.1 Å². The Hall–Kier alpha value is -2.62. The lowest BCUT2D eigenvalue weighted by Crippen LogP contribution is -2.48. The predicted octanol–water partition coefficient (Wildman–Crippen LogP) is 2.89. The molecule has 0 spiro atoms. The minimum atomic E-state index is -3.63. The summed E-state index contributed by atoms with van der Waals surface area (Å²) in [6, 6.07) is 9.90. The van der Waals surface area contributed by atoms with E-state index in [0.29, 0.717) is 30.3 Å². The summed E-state index contributed by atoms with van der Waals surface area (Å²) in [6.45, 7) is 13.1. The number of hydrogen-bond acceptors (Lipinski definition) is 6. The van der Waals surface area contributed by atoms with Crippen LogP contribution in [-0.2, 0) is 10.0 Å². The zero-order valence-corrected chi connectivity index (χ0v) is 20.1. The molecular formula is C23H30N6O2S. The highest BCUT2D eigenvalue weighted by atomic mass is 32.2. The second-order valence-corrected chi connectivity index (χ2v) is 10.2. The molecule has 0 amide bonds. The molecule has 0 atom stereocenters. The van der Waals surface area contributed by atoms with Crippen LogP contribution in [0.3, 0.4) is 0 Å². The van der Waals surface area contributed by atoms with Gasteiger partial charge in [-0.25, -0.2) is 13.1 Å². The molecule has 32 heavy (non-hydrogen) atoms. The Labute approximate surface area is 189 Å². The lowest BCUT2D eigenvalue weighted by Gasteiger charge is -2.33. The first-order valence-corrected chi connectivity index (χ1v) is 12.4. The first-order valence-electron chi connectivity index (χ1n) is 10.9. The van der Waals surface area contributed by atoms with Gasteiger partial charge in [-0.15, -0.1) is 10.2 Å². The van der Waals surface area contributed by atoms with Crippen molar-refractivity contribution in [2.75, 3.05) is 32.7 Å². The first-order chi connectivity index (χ1) is 15.2. The number of aryl methyl sites for hydroxylation is 3. The van der Waals surface area contributed by atoms with Crippen LogP contribution in [0.1, 0.15) is 29.4 Å². The number of nitrogens with zero attached hydrogens (tertiary/aromatic N) is 6. The van der Waals surface area contributed by atoms with Crippen molar-refractivity contribution in [3.05, 3.63) is 52.8 Å². The third-order valence-corrected chi connectivity index (χ3v) is 8.42. The Kier molecular flexibility index (Phi) is 6.15. The average Bonchev–Trinajstić information content (AvgIpc) is 3.10. The van der Waals surface area contributed by atoms with Crippen LogP contribution in [0, 0.1) is 27.7 Å². The largest absolute Gasteiger partial charge is 0.301 e. The molecular weight excluding hydrogens is 424 g/mol. The van der Waals surface area contributed by atoms with Crippen molar-refractivity contribution in [2.45, 2.75) is 39.5 Å². The van der Waals surface area contributed by atoms with E-state index in [9.17, 15) is 8.42 Å². The van der Waals surface area contributed by atoms with Crippen molar-refractivity contribution in [3.8, 4) is 17.1 Å². The van der Waals surface area contributed by atoms with Gasteiger partial charge in [0.05, 0.1) is 17.1 Å². The molecule has 0 radical (unpaired) electrons. The van der Waals surface area contributed by atoms with E-state index in [2.05, 4.69) is 53.1 Å². The van der Waals surface area contributed by atoms with Crippen LogP contribution in [-0.4, -0.2) is 70.3 Å². The van der Waals surface area contributed by atoms with Gasteiger partial charge in [0.1, 0.15) is 4.90 Å². The molecule has 0 aliphatic carbocycles. The van der Waals surface area contributed by atoms with Crippen LogP contribution in [0.25, 0.3) is 17.1 Å². The van der Waals surface area contributed by atoms with Crippen LogP contribution in [0.4, 0.5) is 0 Å². The summed E-state index contributed by atoms with van der Waals surface area (Å²) in [4.78, 5) is 2.52. The van der Waals surface area contributed by atoms with E-state index in [4.69, 9.17) is 0 Å². The summed E-state index contributed by atoms with van der Waals surface area (Å²) < 4.78 is 29.9. The maximum Gasteiger partial charge on any atom is 0.246 e. The van der Waals surface area contributed by atoms with Crippen molar-refractivity contribution >= 4 is 10.0 Å². The highest BCUT2D eigenvalue weighted by molar-refractivity contribution is 7.89. The Morgan fingerprint density at radius 2 is 1.62 bits per heavy atom. The Balaban J connectivity index is 1.63. The number of benzene rings is 1. The van der Waals surface area contributed by atoms with Crippen molar-refractivity contribution in [3.63, 3.8) is 0 Å². The van der Waals surface area contributed by atoms with Crippen LogP contribution in [0.5, 0.6) is 0 Å². The fourth-order valence-corrected chi connectivity index (χ4v) is 5.91. The molecule has 4 rings (SSSR count). The molecule has 0 saturated carbocycles. The molecule has 1 saturated heterocycles. The molecule has 2 aromatic heterocycles. The van der Waals surface area contributed by atoms with Gasteiger partial charge >= 0.3 is 0 Å². The number of aromatic nitrogens is 4. The highest BCUT2D eigenvalue weighted by Gasteiger charge is 2.33. The van der Waals surface area contributed by atoms with Gasteiger partial charge in [-0.2, -0.15) is 9.40 Å². The SMILES string of the molecule is CCN1CCN(S(=O)(=O)c2c(C)nn(-c3ccc(-c4ccc(C)c(C)c4)nn3)c2C)CC1. The molecule has 0 unspecified atom stereocenters. The summed E-state index contributed by atoms with van der Waals surface area (Å²) >= 11 is 0. The van der Waals surface area contributed by atoms with Gasteiger partial charge in [0.25, 0.3) is 0 Å². The molecule has 1 fully saturated rings. The molecule has 1 aromatic carbocycles. The summed E-state index contributed by atoms with van der Waals surface area (Å²) in [6.07, 6.45) is 0. The Morgan fingerprint density at radius 3 is 2.22 bits per heavy atom. The summed E-state index contributed by atoms with van der Waals surface area (Å²) in [5.74, 6) is 0.496. The third kappa shape index (κ3) is 4.07. The topological polar surface area (TPSA) is 84.2 Å². The summed E-state index contributed by atoms with van der Waals surface area (Å²) in [5, 5.41) is 13.2. The lowest BCUT2D eigenvalue weighted by atomic mass is 10.0. The normalized spacial score (nSPS) is 15.9. The standard InChI is InChI=1S/C23H30N6O2S/c1-6-27-11-13-28(14-12-27)32(30,31)23-18(4)26-29(19(23)5)22-10-9-21(24-25-22)20-8-7-16(2)17(3)15-20/h7-10,15H,6,11-14H2,1-5H3. The Morgan fingerprint density at radius 1 is 0.906 bits per heavy atom. The van der Waals surface area contributed by atoms with Crippen LogP contribution < -0.4 is 0 Å². The van der Waals surface area contributed by atoms with Crippen LogP contribution in [0.2, 0.25) is 0 Å². The van der Waals surface area contributed by atoms with Crippen molar-refractivity contribution in [2.24, 2.45) is 0 Å². The summed E-state index contributed by atoms with van der Waals surface area (Å²) in [5.41, 5.74) is 5.21. The second-order valence-electron chi connectivity index (χ2n) is 8.33. The lowest BCUT2D eigenvalue weighted by molar-refractivity contribution is 0.196. The smallest absolute Gasteiger partial charge is 0.246 e. The predicted molar refractivity (Wildman–Crippen MR) is 124 cm³/mol. The maximum atomic E-state index is 13.4. The van der Waals surface area contributed by atoms with Crippen molar-refractivity contribution < 1.29 is 8.42 Å². The van der Waals surface area contributed by atoms with E-state index in [0.717, 1.165) is 30.9 Å². The number of sulfonamides is 1. The average molecular weight is 455 g/mol. The first kappa shape index (κ1) is 22.6. The van der Waals surface area contributed by atoms with Gasteiger partial charge in [0.15, 0.2) is 5.82 Å². The van der Waals surface area contributed by atoms with Gasteiger partial charge in [0, 0.05) is 31.7 Å². The van der Waals surface area contributed by atoms with Crippen molar-refractivity contribution in [1.82, 2.24) is 29.2 Å². The van der Waals surface area contributed by atoms with Gasteiger partial charge in [-0.1, -0.05) is 19.1 Å². The maximum absolute atomic E-state index is 13.4. The molecule has 0 N–H and O–H groups in total. The van der Waals surface area contributed by atoms with Crippen molar-refractivity contribution in [1.29, 1.82) is 0 Å². The van der Waals surface area contributed by atoms with Gasteiger partial charge in [-0.05, 0) is 63.6 Å². The Bertz CT molecular complexity index is 1230. The van der Waals surface area contributed by atoms with E-state index in [1.54, 1.807) is 22.8 Å². The highest BCUT2D eigenvalue weighted by Crippen LogP contribution is 2.27. The van der Waals surface area contributed by atoms with Crippen LogP contribution >= 0.6 is 0 Å². The molecule has 0 bridgehead atoms. The number of hydrogen-bond donors (Lipinski definition) is 0. The number of piperazine rings is 1. The zero-order valence-electron chi connectivity index (χ0n) is 19.3. The second kappa shape index (κ2) is 8.73. The number of likely N-dealkylation sites (N-methyl/N-ethyl adjacent to an activating group) is 1. The van der Waals surface area contributed by atoms with E-state index in [-0.39, 0.29) is 4.90 Å². The zero-order chi connectivity index (χ0) is 23.0. The molecule has 3 aromatic rings. The van der Waals surface area contributed by atoms with E-state index in [1.807, 2.05) is 18.2 Å². The number of rotatable bonds is 5. The van der Waals surface area contributed by atoms with Crippen LogP contribution in [0.15, 0.2) is 35.2 Å². The third-order valence-electron chi connectivity index (χ3n) is 6.27. The van der Waals surface area contributed by atoms with E-state index < -0.39 is 10.0 Å². The summed E-state index contributed by atoms with van der Waals surface area (Å²) in [7, 11) is -3.63. The molecule has 3 heterocycles. The molecule has 170 valence electrons. The molecule has 8 nitrogen and oxygen atoms in total. The van der Waals surface area contributed by atoms with Gasteiger partial charge in [0.2, 0.25) is 10.0 Å². The van der Waals surface area contributed by atoms with E-state index >= 15 is 0 Å². The fourth-order valence-electron chi connectivity index (χ4n) is 4.13. The van der Waals surface area contributed by atoms with Gasteiger partial charge < -0.3 is 4.90 Å². The quantitative estimate of drug-likeness (QED) is 0.589.